The largest absolute Gasteiger partial charge is 0.472 e. The Balaban J connectivity index is 1.01. The first-order chi connectivity index (χ1) is 30.7. The van der Waals surface area contributed by atoms with Gasteiger partial charge in [-0.2, -0.15) is 20.3 Å². The molecule has 1 fully saturated rings. The maximum atomic E-state index is 13.5. The van der Waals surface area contributed by atoms with Crippen LogP contribution >= 0.6 is 23.2 Å². The molecule has 0 radical (unpaired) electrons. The Kier molecular flexibility index (Phi) is 13.7. The summed E-state index contributed by atoms with van der Waals surface area (Å²) in [5.41, 5.74) is 13.7. The van der Waals surface area contributed by atoms with Gasteiger partial charge in [0, 0.05) is 37.9 Å². The fourth-order valence-corrected chi connectivity index (χ4v) is 8.33. The summed E-state index contributed by atoms with van der Waals surface area (Å²) in [4.78, 5) is 89.4. The predicted octanol–water partition coefficient (Wildman–Crippen LogP) is 4.66. The summed E-state index contributed by atoms with van der Waals surface area (Å²) in [5, 5.41) is 18.2. The van der Waals surface area contributed by atoms with Gasteiger partial charge in [-0.15, -0.1) is 4.80 Å². The number of pyridine rings is 1. The van der Waals surface area contributed by atoms with Gasteiger partial charge >= 0.3 is 6.03 Å². The van der Waals surface area contributed by atoms with Gasteiger partial charge in [0.15, 0.2) is 16.6 Å². The Morgan fingerprint density at radius 3 is 2.45 bits per heavy atom. The molecule has 4 atom stereocenters. The molecule has 0 saturated carbocycles. The average Bonchev–Trinajstić information content (AvgIpc) is 3.99. The van der Waals surface area contributed by atoms with Gasteiger partial charge in [0.05, 0.1) is 58.1 Å². The zero-order valence-corrected chi connectivity index (χ0v) is 36.5. The second kappa shape index (κ2) is 19.4. The zero-order valence-electron chi connectivity index (χ0n) is 35.0. The lowest BCUT2D eigenvalue weighted by Crippen LogP contribution is -2.54. The van der Waals surface area contributed by atoms with Crippen molar-refractivity contribution in [1.82, 2.24) is 44.8 Å². The van der Waals surface area contributed by atoms with Gasteiger partial charge < -0.3 is 26.3 Å². The molecule has 0 aliphatic carbocycles. The Hall–Kier alpha value is -6.71. The number of rotatable bonds is 19. The van der Waals surface area contributed by atoms with Crippen LogP contribution in [0.4, 0.5) is 21.9 Å². The number of fused-ring (bicyclic) bond motifs is 2. The van der Waals surface area contributed by atoms with Crippen molar-refractivity contribution < 1.29 is 38.2 Å². The molecule has 0 bridgehead atoms. The third-order valence-electron chi connectivity index (χ3n) is 11.1. The summed E-state index contributed by atoms with van der Waals surface area (Å²) in [6.45, 7) is 3.90. The molecule has 0 spiro atoms. The number of carbonyl (C=O) groups excluding carboxylic acids is 6. The van der Waals surface area contributed by atoms with Crippen LogP contribution in [-0.4, -0.2) is 101 Å². The van der Waals surface area contributed by atoms with Crippen LogP contribution in [0, 0.1) is 5.92 Å². The molecule has 23 heteroatoms. The number of piperidine rings is 1. The summed E-state index contributed by atoms with van der Waals surface area (Å²) >= 11 is 13.2. The minimum Gasteiger partial charge on any atom is -0.472 e. The van der Waals surface area contributed by atoms with Crippen molar-refractivity contribution in [1.29, 1.82) is 0 Å². The van der Waals surface area contributed by atoms with E-state index in [0.717, 1.165) is 35.5 Å². The van der Waals surface area contributed by atoms with Gasteiger partial charge in [-0.05, 0) is 45.2 Å². The number of carbonyl (C=O) groups is 6. The van der Waals surface area contributed by atoms with Crippen LogP contribution in [-0.2, 0) is 19.1 Å². The van der Waals surface area contributed by atoms with Gasteiger partial charge in [0.2, 0.25) is 23.6 Å². The summed E-state index contributed by atoms with van der Waals surface area (Å²) in [6, 6.07) is 5.85. The topological polar surface area (TPSA) is 277 Å². The van der Waals surface area contributed by atoms with Crippen molar-refractivity contribution in [2.24, 2.45) is 17.4 Å². The monoisotopic (exact) mass is 917 g/mol. The number of nitrogens with zero attached hydrogens (tertiary/aromatic N) is 9. The fraction of sp³-hybridized carbons (Fsp3) is 0.390. The molecule has 7 amide bonds. The number of benzene rings is 1. The van der Waals surface area contributed by atoms with Crippen molar-refractivity contribution in [3.8, 4) is 11.7 Å². The standard InChI is InChI=1S/C41H45Cl2N13O8/c1-21(23(36(44)58)10-7-5-4-6-8-15-46-26-12-9-11-24-33(26)40(61)54(39(24)60)27-13-14-32(57)51-37(27)59)64-38-35(25(42)18-31(50-38)56-48-16-17-49-56)53(41(45)62)28-20-47-30-19-29(43)52-55(30)34(28)22(2)63-3/h9,11-12,16-23,27,46H,4-8,10,13-15H2,1-3H3,(H2,44,58)(H2,45,62)(H,51,57,59). The summed E-state index contributed by atoms with van der Waals surface area (Å²) < 4.78 is 13.5. The van der Waals surface area contributed by atoms with Crippen molar-refractivity contribution in [2.45, 2.75) is 83.5 Å². The summed E-state index contributed by atoms with van der Waals surface area (Å²) in [5.74, 6) is -3.71. The van der Waals surface area contributed by atoms with E-state index in [2.05, 4.69) is 35.9 Å². The third kappa shape index (κ3) is 9.17. The number of amides is 7. The van der Waals surface area contributed by atoms with Gasteiger partial charge in [0.25, 0.3) is 11.8 Å². The van der Waals surface area contributed by atoms with Crippen molar-refractivity contribution in [2.75, 3.05) is 23.9 Å². The molecule has 5 aromatic rings. The van der Waals surface area contributed by atoms with Gasteiger partial charge in [-0.1, -0.05) is 55.0 Å². The number of hydrogen-bond donors (Lipinski definition) is 4. The smallest absolute Gasteiger partial charge is 0.324 e. The molecule has 7 rings (SSSR count). The highest BCUT2D eigenvalue weighted by atomic mass is 35.5. The van der Waals surface area contributed by atoms with E-state index in [1.807, 2.05) is 0 Å². The molecule has 6 N–H and O–H groups in total. The van der Waals surface area contributed by atoms with Crippen LogP contribution in [0.3, 0.4) is 0 Å². The number of nitrogens with one attached hydrogen (secondary N) is 2. The lowest BCUT2D eigenvalue weighted by atomic mass is 9.95. The maximum Gasteiger partial charge on any atom is 0.324 e. The summed E-state index contributed by atoms with van der Waals surface area (Å²) in [6.07, 6.45) is 6.93. The molecular formula is C41H45Cl2N13O8. The fourth-order valence-electron chi connectivity index (χ4n) is 7.89. The van der Waals surface area contributed by atoms with Crippen LogP contribution in [0.15, 0.2) is 48.9 Å². The molecule has 1 saturated heterocycles. The highest BCUT2D eigenvalue weighted by Gasteiger charge is 2.45. The van der Waals surface area contributed by atoms with Crippen LogP contribution in [0.25, 0.3) is 11.5 Å². The number of aromatic nitrogens is 7. The van der Waals surface area contributed by atoms with E-state index in [1.165, 1.54) is 47.1 Å². The predicted molar refractivity (Wildman–Crippen MR) is 231 cm³/mol. The number of halogens is 2. The van der Waals surface area contributed by atoms with Crippen LogP contribution < -0.4 is 31.7 Å². The van der Waals surface area contributed by atoms with Gasteiger partial charge in [-0.25, -0.2) is 14.3 Å². The second-order valence-corrected chi connectivity index (χ2v) is 16.0. The molecule has 21 nitrogen and oxygen atoms in total. The average molecular weight is 919 g/mol. The first-order valence-corrected chi connectivity index (χ1v) is 21.2. The number of imide groups is 2. The number of nitrogens with two attached hydrogens (primary N) is 2. The number of hydrogen-bond acceptors (Lipinski definition) is 14. The van der Waals surface area contributed by atoms with E-state index >= 15 is 0 Å². The van der Waals surface area contributed by atoms with Crippen molar-refractivity contribution >= 4 is 81.5 Å². The number of ether oxygens (including phenoxy) is 2. The SMILES string of the molecule is COC(C)c1c(N(C(N)=O)c2c(Cl)cc(-n3nccn3)nc2OC(C)C(CCCCCCCNc2cccc3c2C(=O)N(C2CCC(=O)NC2=O)C3=O)C(N)=O)cnc2cc(Cl)nn12. The first-order valence-electron chi connectivity index (χ1n) is 20.5. The molecule has 6 heterocycles. The van der Waals surface area contributed by atoms with Crippen LogP contribution in [0.1, 0.15) is 97.7 Å². The lowest BCUT2D eigenvalue weighted by molar-refractivity contribution is -0.136. The van der Waals surface area contributed by atoms with E-state index in [9.17, 15) is 28.8 Å². The highest BCUT2D eigenvalue weighted by molar-refractivity contribution is 6.34. The number of urea groups is 1. The van der Waals surface area contributed by atoms with Crippen LogP contribution in [0.2, 0.25) is 10.2 Å². The Labute approximate surface area is 375 Å². The number of methoxy groups -OCH3 is 1. The van der Waals surface area contributed by atoms with Gasteiger partial charge in [0.1, 0.15) is 17.8 Å². The lowest BCUT2D eigenvalue weighted by Gasteiger charge is -2.29. The van der Waals surface area contributed by atoms with E-state index in [-0.39, 0.29) is 57.2 Å². The van der Waals surface area contributed by atoms with Crippen molar-refractivity contribution in [3.05, 3.63) is 75.9 Å². The van der Waals surface area contributed by atoms with Crippen LogP contribution in [0.5, 0.6) is 5.88 Å². The molecule has 4 aromatic heterocycles. The quantitative estimate of drug-likeness (QED) is 0.0648. The molecule has 2 aliphatic rings. The van der Waals surface area contributed by atoms with E-state index in [4.69, 9.17) is 44.1 Å². The maximum absolute atomic E-state index is 13.5. The molecule has 4 unspecified atom stereocenters. The molecule has 1 aromatic carbocycles. The molecule has 2 aliphatic heterocycles. The van der Waals surface area contributed by atoms with Gasteiger partial charge in [-0.3, -0.25) is 39.1 Å². The Morgan fingerprint density at radius 2 is 1.75 bits per heavy atom. The minimum atomic E-state index is -1.05. The Bertz CT molecular complexity index is 2620. The Morgan fingerprint density at radius 1 is 1.02 bits per heavy atom. The summed E-state index contributed by atoms with van der Waals surface area (Å²) in [7, 11) is 1.48. The van der Waals surface area contributed by atoms with E-state index in [1.54, 1.807) is 32.0 Å². The zero-order chi connectivity index (χ0) is 45.8. The third-order valence-corrected chi connectivity index (χ3v) is 11.6. The normalized spacial score (nSPS) is 16.4. The second-order valence-electron chi connectivity index (χ2n) is 15.2. The molecule has 336 valence electrons. The van der Waals surface area contributed by atoms with Crippen molar-refractivity contribution in [3.63, 3.8) is 0 Å². The van der Waals surface area contributed by atoms with E-state index in [0.29, 0.717) is 36.4 Å². The number of unbranched alkanes of at least 4 members (excludes halogenated alkanes) is 4. The number of anilines is 3. The minimum absolute atomic E-state index is 0.0334. The van der Waals surface area contributed by atoms with E-state index < -0.39 is 59.7 Å². The highest BCUT2D eigenvalue weighted by Crippen LogP contribution is 2.43. The molecule has 64 heavy (non-hydrogen) atoms. The first kappa shape index (κ1) is 45.3. The molecular weight excluding hydrogens is 873 g/mol. The number of primary amides is 2.